The standard InChI is InChI=1S/C78H38N20.C32H16N8.3O.3Ti/c1-3-19-39(20-4-1)55-57(81-61-59(79-55)75-93-71-51-31-15-11-27-47(51)67(89-71)85-63-43-23-7-9-25-45(43)65(83-63)87-69-49-29-13-17-33-53(49)73(91-69)95-77(61)97-75)41-35-37-42(38-36-41)58-56(40-21-5-2-6-22-40)80-60-62(82-58)78-96-74-54-34-18-14-30-50(54)70(92-74)88-66-46-26-10-8-24-44(46)64(84-66)86-68-48-28-12-16-32-52(48)72(90-68)94-76(60)98-78;1-2-10-18-17(9-1)25-33-26(18)38-28-21-13-5-6-14-22(21)30(35-28)40-32-24-16-8-7-15-23(24)31(36-32)39-29-20-12-4-3-11-19(20)27(34-29)37-25;;;;;;/h1-38H;1-16H;;;;;;/q-4;-2;;;;3*+2. The predicted molar refractivity (Wildman–Crippen MR) is 531 cm³/mol. The van der Waals surface area contributed by atoms with Gasteiger partial charge >= 0.3 is 71.2 Å². The number of nitrogens with zero attached hydrogens (tertiary/aromatic N) is 28. The molecule has 664 valence electrons. The van der Waals surface area contributed by atoms with Gasteiger partial charge in [0, 0.05) is 135 Å². The molecule has 0 aliphatic carbocycles. The quantitative estimate of drug-likeness (QED) is 0.148. The minimum atomic E-state index is 0.260. The van der Waals surface area contributed by atoms with Crippen LogP contribution in [-0.2, 0) is 71.2 Å². The zero-order valence-corrected chi connectivity index (χ0v) is 79.1. The fraction of sp³-hybridized carbons (Fsp3) is 0. The maximum Gasteiger partial charge on any atom is 0.121 e. The van der Waals surface area contributed by atoms with E-state index in [9.17, 15) is 0 Å². The third-order valence-corrected chi connectivity index (χ3v) is 25.3. The molecule has 0 fully saturated rings. The van der Waals surface area contributed by atoms with Crippen LogP contribution in [0.25, 0.3) is 315 Å². The summed E-state index contributed by atoms with van der Waals surface area (Å²) in [5.74, 6) is 5.17. The number of benzene rings is 13. The van der Waals surface area contributed by atoms with Crippen molar-refractivity contribution < 1.29 is 71.2 Å². The molecular formula is C110H54N28O3Ti3. The van der Waals surface area contributed by atoms with Crippen molar-refractivity contribution in [3.05, 3.63) is 328 Å². The Morgan fingerprint density at radius 2 is 0.243 bits per heavy atom. The van der Waals surface area contributed by atoms with E-state index < -0.39 is 0 Å². The molecule has 0 atom stereocenters. The molecule has 24 bridgehead atoms. The van der Waals surface area contributed by atoms with Gasteiger partial charge in [-0.15, -0.1) is 0 Å². The summed E-state index contributed by atoms with van der Waals surface area (Å²) in [6, 6.07) is 107. The topological polar surface area (TPSA) is 419 Å². The predicted octanol–water partition coefficient (Wildman–Crippen LogP) is 20.6. The number of hydrogen-bond acceptors (Lipinski definition) is 25. The Balaban J connectivity index is 0.000000191. The average molecular weight is 1960 g/mol. The zero-order valence-electron chi connectivity index (χ0n) is 74.4. The Hall–Kier alpha value is -18.4. The Labute approximate surface area is 846 Å². The molecular weight excluding hydrogens is 1910 g/mol. The summed E-state index contributed by atoms with van der Waals surface area (Å²) in [6.07, 6.45) is 0. The van der Waals surface area contributed by atoms with Crippen molar-refractivity contribution >= 4 is 132 Å². The van der Waals surface area contributed by atoms with Gasteiger partial charge in [-0.3, -0.25) is 0 Å². The van der Waals surface area contributed by atoms with Crippen molar-refractivity contribution in [3.63, 3.8) is 0 Å². The molecule has 6 aliphatic rings. The molecule has 11 aromatic heterocycles. The summed E-state index contributed by atoms with van der Waals surface area (Å²) in [5.41, 5.74) is 19.5. The summed E-state index contributed by atoms with van der Waals surface area (Å²) in [6.45, 7) is 0. The molecule has 24 aromatic rings. The molecule has 30 rings (SSSR count). The second-order valence-corrected chi connectivity index (χ2v) is 33.5. The summed E-state index contributed by atoms with van der Waals surface area (Å²) >= 11 is 2.25. The molecule has 13 aromatic carbocycles. The van der Waals surface area contributed by atoms with Crippen LogP contribution in [0, 0.1) is 0 Å². The van der Waals surface area contributed by atoms with Gasteiger partial charge in [-0.2, -0.15) is 0 Å². The molecule has 0 saturated carbocycles. The van der Waals surface area contributed by atoms with Gasteiger partial charge in [0.2, 0.25) is 0 Å². The molecule has 0 N–H and O–H groups in total. The molecule has 31 nitrogen and oxygen atoms in total. The third-order valence-electron chi connectivity index (χ3n) is 25.3. The van der Waals surface area contributed by atoms with Gasteiger partial charge in [0.15, 0.2) is 0 Å². The SMILES string of the molecule is [O]=[Ti+2].[O]=[Ti+2].[O]=[Ti+2].c1ccc(-c2nc3c(nc2-c2ccc(-c4nc5c(nc4-c4ccccc4)-c4nc-5nc5[n-]c(nc6nc(nc7[n-]c(n4)c4ccccc74)-c4ccccc4-6)c4ccccc54)cc2)-c2nc-3nc3[n-]c(nc4nc(nc5[n-]c(n2)c2ccccc52)-c2ccccc2-4)c2ccccc32)cc1.c1ccc2c(c1)-c1nc-2nc2[n-]c(nc3nc(nc4[n-]c(n1)c1ccccc41)-c1ccccc1-3)c1ccccc21. The van der Waals surface area contributed by atoms with Gasteiger partial charge in [0.05, 0.1) is 69.4 Å². The first kappa shape index (κ1) is 86.0. The second kappa shape index (κ2) is 35.5. The van der Waals surface area contributed by atoms with Crippen LogP contribution in [0.4, 0.5) is 0 Å². The molecule has 17 heterocycles. The maximum atomic E-state index is 8.25. The zero-order chi connectivity index (χ0) is 96.3. The largest absolute Gasteiger partial charge is 0.357 e. The molecule has 34 heteroatoms. The Morgan fingerprint density at radius 1 is 0.118 bits per heavy atom. The molecule has 0 saturated heterocycles. The molecule has 0 unspecified atom stereocenters. The van der Waals surface area contributed by atoms with E-state index >= 15 is 0 Å². The number of fused-ring (bicyclic) bond motifs is 60. The van der Waals surface area contributed by atoms with Gasteiger partial charge in [0.25, 0.3) is 0 Å². The molecule has 144 heavy (non-hydrogen) atoms. The minimum absolute atomic E-state index is 0.260. The van der Waals surface area contributed by atoms with Gasteiger partial charge in [-0.25, -0.2) is 49.8 Å². The van der Waals surface area contributed by atoms with Crippen LogP contribution in [-0.4, -0.2) is 110 Å². The van der Waals surface area contributed by atoms with E-state index in [2.05, 4.69) is 0 Å². The summed E-state index contributed by atoms with van der Waals surface area (Å²) in [5, 5.41) is 9.81. The van der Waals surface area contributed by atoms with Crippen LogP contribution in [0.1, 0.15) is 0 Å². The Bertz CT molecular complexity index is 9420. The normalized spacial score (nSPS) is 11.7. The van der Waals surface area contributed by atoms with Crippen molar-refractivity contribution in [3.8, 4) is 182 Å². The first-order valence-corrected chi connectivity index (χ1v) is 47.0. The smallest absolute Gasteiger partial charge is 0.121 e. The summed E-state index contributed by atoms with van der Waals surface area (Å²) < 4.78 is 24.8. The average Bonchev–Trinajstić information content (AvgIpc) is 1.52. The molecule has 0 radical (unpaired) electrons. The van der Waals surface area contributed by atoms with Gasteiger partial charge in [-0.1, -0.05) is 328 Å². The first-order chi connectivity index (χ1) is 71.3. The van der Waals surface area contributed by atoms with Crippen molar-refractivity contribution in [1.29, 1.82) is 0 Å². The van der Waals surface area contributed by atoms with Crippen LogP contribution in [0.2, 0.25) is 0 Å². The van der Waals surface area contributed by atoms with E-state index in [4.69, 9.17) is 150 Å². The third kappa shape index (κ3) is 14.5. The van der Waals surface area contributed by atoms with Crippen LogP contribution in [0.5, 0.6) is 0 Å². The van der Waals surface area contributed by atoms with Crippen molar-refractivity contribution in [2.24, 2.45) is 0 Å². The Kier molecular flexibility index (Phi) is 21.2. The van der Waals surface area contributed by atoms with Gasteiger partial charge in [-0.05, 0) is 64.6 Å². The fourth-order valence-electron chi connectivity index (χ4n) is 18.8. The van der Waals surface area contributed by atoms with Crippen LogP contribution >= 0.6 is 0 Å². The van der Waals surface area contributed by atoms with Gasteiger partial charge in [0.1, 0.15) is 46.1 Å². The van der Waals surface area contributed by atoms with Crippen molar-refractivity contribution in [1.82, 2.24) is 140 Å². The first-order valence-electron chi connectivity index (χ1n) is 45.1. The number of aromatic nitrogens is 28. The molecule has 6 aliphatic heterocycles. The van der Waals surface area contributed by atoms with Crippen molar-refractivity contribution in [2.75, 3.05) is 0 Å². The van der Waals surface area contributed by atoms with E-state index in [1.807, 2.05) is 328 Å². The van der Waals surface area contributed by atoms with E-state index in [0.717, 1.165) is 193 Å². The van der Waals surface area contributed by atoms with E-state index in [-0.39, 0.29) is 23.3 Å². The van der Waals surface area contributed by atoms with Crippen molar-refractivity contribution in [2.45, 2.75) is 0 Å². The molecule has 0 amide bonds. The maximum absolute atomic E-state index is 8.25. The van der Waals surface area contributed by atoms with Crippen LogP contribution < -0.4 is 29.9 Å². The Morgan fingerprint density at radius 3 is 0.403 bits per heavy atom. The van der Waals surface area contributed by atoms with E-state index in [0.29, 0.717) is 160 Å². The van der Waals surface area contributed by atoms with E-state index in [1.54, 1.807) is 0 Å². The van der Waals surface area contributed by atoms with Gasteiger partial charge < -0.3 is 89.7 Å². The molecule has 0 spiro atoms. The fourth-order valence-corrected chi connectivity index (χ4v) is 18.8. The summed E-state index contributed by atoms with van der Waals surface area (Å²) in [7, 11) is 0. The monoisotopic (exact) mass is 1960 g/mol. The van der Waals surface area contributed by atoms with E-state index in [1.165, 1.54) is 0 Å². The minimum Gasteiger partial charge on any atom is -0.357 e. The number of hydrogen-bond donors (Lipinski definition) is 0. The number of rotatable bonds is 4. The summed E-state index contributed by atoms with van der Waals surface area (Å²) in [4.78, 5) is 144. The van der Waals surface area contributed by atoms with Crippen LogP contribution in [0.3, 0.4) is 0 Å². The van der Waals surface area contributed by atoms with Crippen LogP contribution in [0.15, 0.2) is 328 Å². The second-order valence-electron chi connectivity index (χ2n) is 33.5.